The zero-order chi connectivity index (χ0) is 13.7. The molecule has 1 aromatic carbocycles. The molecule has 2 N–H and O–H groups in total. The monoisotopic (exact) mass is 323 g/mol. The second kappa shape index (κ2) is 7.11. The van der Waals surface area contributed by atoms with Gasteiger partial charge in [0.05, 0.1) is 13.2 Å². The van der Waals surface area contributed by atoms with Crippen LogP contribution in [0.5, 0.6) is 5.75 Å². The summed E-state index contributed by atoms with van der Waals surface area (Å²) in [5.74, 6) is 0.866. The quantitative estimate of drug-likeness (QED) is 0.815. The first-order chi connectivity index (χ1) is 9.22. The molecule has 0 spiro atoms. The number of hydrogen-bond acceptors (Lipinski definition) is 2. The molecule has 0 saturated heterocycles. The van der Waals surface area contributed by atoms with E-state index in [2.05, 4.69) is 28.1 Å². The molecule has 0 aromatic heterocycles. The molecular formula is C16H22BrNO. The van der Waals surface area contributed by atoms with Crippen molar-refractivity contribution in [2.45, 2.75) is 44.6 Å². The van der Waals surface area contributed by atoms with Gasteiger partial charge in [0.1, 0.15) is 5.75 Å². The molecule has 1 aromatic rings. The number of methoxy groups -OCH3 is 1. The van der Waals surface area contributed by atoms with E-state index < -0.39 is 0 Å². The van der Waals surface area contributed by atoms with Crippen molar-refractivity contribution in [3.63, 3.8) is 0 Å². The smallest absolute Gasteiger partial charge is 0.125 e. The number of ether oxygens (including phenoxy) is 1. The molecule has 0 saturated carbocycles. The van der Waals surface area contributed by atoms with Gasteiger partial charge in [-0.05, 0) is 37.8 Å². The second-order valence-electron chi connectivity index (χ2n) is 5.10. The highest BCUT2D eigenvalue weighted by atomic mass is 79.9. The van der Waals surface area contributed by atoms with E-state index >= 15 is 0 Å². The Morgan fingerprint density at radius 2 is 2.00 bits per heavy atom. The molecule has 2 nitrogen and oxygen atoms in total. The van der Waals surface area contributed by atoms with Crippen LogP contribution in [0.25, 0.3) is 0 Å². The van der Waals surface area contributed by atoms with E-state index in [-0.39, 0.29) is 6.04 Å². The van der Waals surface area contributed by atoms with E-state index in [0.29, 0.717) is 0 Å². The van der Waals surface area contributed by atoms with Crippen molar-refractivity contribution in [3.8, 4) is 5.75 Å². The summed E-state index contributed by atoms with van der Waals surface area (Å²) in [6.07, 6.45) is 9.81. The Bertz CT molecular complexity index is 456. The summed E-state index contributed by atoms with van der Waals surface area (Å²) >= 11 is 3.47. The number of allylic oxidation sites excluding steroid dienone is 1. The minimum Gasteiger partial charge on any atom is -0.496 e. The lowest BCUT2D eigenvalue weighted by atomic mass is 9.91. The number of rotatable bonds is 3. The standard InChI is InChI=1S/C16H22BrNO/c1-19-15-11-13(17)9-10-14(15)16(18)12-7-5-3-2-4-6-8-12/h7,9-11,16H,2-6,8,18H2,1H3/b12-7+. The molecule has 1 unspecified atom stereocenters. The first-order valence-electron chi connectivity index (χ1n) is 7.00. The van der Waals surface area contributed by atoms with E-state index in [0.717, 1.165) is 28.6 Å². The maximum Gasteiger partial charge on any atom is 0.125 e. The Hall–Kier alpha value is -0.800. The van der Waals surface area contributed by atoms with Gasteiger partial charge < -0.3 is 10.5 Å². The van der Waals surface area contributed by atoms with Gasteiger partial charge in [-0.3, -0.25) is 0 Å². The van der Waals surface area contributed by atoms with Crippen molar-refractivity contribution in [1.29, 1.82) is 0 Å². The zero-order valence-corrected chi connectivity index (χ0v) is 13.1. The number of hydrogen-bond donors (Lipinski definition) is 1. The van der Waals surface area contributed by atoms with Crippen molar-refractivity contribution >= 4 is 15.9 Å². The lowest BCUT2D eigenvalue weighted by molar-refractivity contribution is 0.406. The predicted molar refractivity (Wildman–Crippen MR) is 83.4 cm³/mol. The van der Waals surface area contributed by atoms with Crippen molar-refractivity contribution in [3.05, 3.63) is 39.9 Å². The van der Waals surface area contributed by atoms with Gasteiger partial charge in [0.25, 0.3) is 0 Å². The van der Waals surface area contributed by atoms with Crippen molar-refractivity contribution in [2.75, 3.05) is 7.11 Å². The van der Waals surface area contributed by atoms with Gasteiger partial charge >= 0.3 is 0 Å². The normalized spacial score (nSPS) is 20.9. The van der Waals surface area contributed by atoms with Gasteiger partial charge in [0, 0.05) is 10.0 Å². The Balaban J connectivity index is 2.24. The van der Waals surface area contributed by atoms with Crippen molar-refractivity contribution < 1.29 is 4.74 Å². The van der Waals surface area contributed by atoms with Crippen molar-refractivity contribution in [1.82, 2.24) is 0 Å². The van der Waals surface area contributed by atoms with Crippen molar-refractivity contribution in [2.24, 2.45) is 5.73 Å². The maximum absolute atomic E-state index is 6.45. The highest BCUT2D eigenvalue weighted by molar-refractivity contribution is 9.10. The van der Waals surface area contributed by atoms with Gasteiger partial charge in [-0.25, -0.2) is 0 Å². The topological polar surface area (TPSA) is 35.2 Å². The fraction of sp³-hybridized carbons (Fsp3) is 0.500. The molecule has 19 heavy (non-hydrogen) atoms. The molecule has 1 aliphatic rings. The first kappa shape index (κ1) is 14.6. The minimum absolute atomic E-state index is 0.0406. The molecule has 1 aliphatic carbocycles. The molecule has 0 amide bonds. The Kier molecular flexibility index (Phi) is 5.46. The molecule has 3 heteroatoms. The number of halogens is 1. The highest BCUT2D eigenvalue weighted by Gasteiger charge is 2.17. The molecule has 0 heterocycles. The molecular weight excluding hydrogens is 302 g/mol. The van der Waals surface area contributed by atoms with E-state index in [1.54, 1.807) is 7.11 Å². The lowest BCUT2D eigenvalue weighted by Gasteiger charge is -2.21. The summed E-state index contributed by atoms with van der Waals surface area (Å²) in [6, 6.07) is 6.04. The molecule has 0 bridgehead atoms. The lowest BCUT2D eigenvalue weighted by Crippen LogP contribution is -2.15. The number of benzene rings is 1. The SMILES string of the molecule is COc1cc(Br)ccc1C(N)/C1=C/CCCCCC1. The Morgan fingerprint density at radius 3 is 2.79 bits per heavy atom. The van der Waals surface area contributed by atoms with Crippen LogP contribution in [-0.4, -0.2) is 7.11 Å². The summed E-state index contributed by atoms with van der Waals surface area (Å²) < 4.78 is 6.48. The fourth-order valence-corrected chi connectivity index (χ4v) is 2.98. The summed E-state index contributed by atoms with van der Waals surface area (Å²) in [6.45, 7) is 0. The summed E-state index contributed by atoms with van der Waals surface area (Å²) in [7, 11) is 1.70. The minimum atomic E-state index is -0.0406. The van der Waals surface area contributed by atoms with Gasteiger partial charge in [-0.2, -0.15) is 0 Å². The molecule has 0 aliphatic heterocycles. The summed E-state index contributed by atoms with van der Waals surface area (Å²) in [5, 5.41) is 0. The van der Waals surface area contributed by atoms with Crippen LogP contribution in [0.2, 0.25) is 0 Å². The Morgan fingerprint density at radius 1 is 1.21 bits per heavy atom. The van der Waals surface area contributed by atoms with Crippen LogP contribution in [0, 0.1) is 0 Å². The van der Waals surface area contributed by atoms with Gasteiger partial charge in [-0.15, -0.1) is 0 Å². The fourth-order valence-electron chi connectivity index (χ4n) is 2.64. The zero-order valence-electron chi connectivity index (χ0n) is 11.5. The van der Waals surface area contributed by atoms with E-state index in [9.17, 15) is 0 Å². The third-order valence-corrected chi connectivity index (χ3v) is 4.25. The Labute approximate surface area is 124 Å². The number of nitrogens with two attached hydrogens (primary N) is 1. The van der Waals surface area contributed by atoms with Crippen LogP contribution in [0.1, 0.15) is 50.1 Å². The van der Waals surface area contributed by atoms with Crippen LogP contribution in [0.4, 0.5) is 0 Å². The second-order valence-corrected chi connectivity index (χ2v) is 6.01. The van der Waals surface area contributed by atoms with Crippen LogP contribution >= 0.6 is 15.9 Å². The van der Waals surface area contributed by atoms with Gasteiger partial charge in [0.2, 0.25) is 0 Å². The maximum atomic E-state index is 6.45. The largest absolute Gasteiger partial charge is 0.496 e. The molecule has 0 radical (unpaired) electrons. The highest BCUT2D eigenvalue weighted by Crippen LogP contribution is 2.33. The van der Waals surface area contributed by atoms with Crippen LogP contribution in [-0.2, 0) is 0 Å². The van der Waals surface area contributed by atoms with E-state index in [4.69, 9.17) is 10.5 Å². The van der Waals surface area contributed by atoms with Gasteiger partial charge in [-0.1, -0.05) is 46.5 Å². The molecule has 2 rings (SSSR count). The molecule has 1 atom stereocenters. The van der Waals surface area contributed by atoms with Crippen LogP contribution < -0.4 is 10.5 Å². The molecule has 0 fully saturated rings. The van der Waals surface area contributed by atoms with E-state index in [1.165, 1.54) is 31.3 Å². The van der Waals surface area contributed by atoms with Crippen LogP contribution in [0.15, 0.2) is 34.3 Å². The summed E-state index contributed by atoms with van der Waals surface area (Å²) in [4.78, 5) is 0. The molecule has 104 valence electrons. The van der Waals surface area contributed by atoms with Crippen LogP contribution in [0.3, 0.4) is 0 Å². The predicted octanol–water partition coefficient (Wildman–Crippen LogP) is 4.74. The summed E-state index contributed by atoms with van der Waals surface area (Å²) in [5.41, 5.74) is 8.90. The first-order valence-corrected chi connectivity index (χ1v) is 7.79. The third-order valence-electron chi connectivity index (χ3n) is 3.76. The van der Waals surface area contributed by atoms with E-state index in [1.807, 2.05) is 12.1 Å². The van der Waals surface area contributed by atoms with Gasteiger partial charge in [0.15, 0.2) is 0 Å². The average Bonchev–Trinajstić information content (AvgIpc) is 2.37. The average molecular weight is 324 g/mol. The third kappa shape index (κ3) is 3.83.